The Hall–Kier alpha value is -3.06. The summed E-state index contributed by atoms with van der Waals surface area (Å²) in [4.78, 5) is 24.3. The molecule has 2 saturated carbocycles. The lowest BCUT2D eigenvalue weighted by Crippen LogP contribution is -2.51. The number of ketones is 1. The second-order valence-corrected chi connectivity index (χ2v) is 14.5. The molecule has 4 aliphatic carbocycles. The van der Waals surface area contributed by atoms with Gasteiger partial charge in [0.05, 0.1) is 12.7 Å². The van der Waals surface area contributed by atoms with Crippen LogP contribution in [-0.2, 0) is 19.1 Å². The summed E-state index contributed by atoms with van der Waals surface area (Å²) in [6, 6.07) is 8.71. The number of fused-ring (bicyclic) bond motifs is 5. The van der Waals surface area contributed by atoms with E-state index in [1.54, 1.807) is 30.3 Å². The first-order valence-corrected chi connectivity index (χ1v) is 17.7. The molecule has 1 saturated heterocycles. The van der Waals surface area contributed by atoms with E-state index in [0.29, 0.717) is 37.0 Å². The molecule has 1 aromatic carbocycles. The second kappa shape index (κ2) is 15.4. The minimum Gasteiger partial charge on any atom is -0.487 e. The van der Waals surface area contributed by atoms with E-state index in [9.17, 15) is 18.4 Å². The maximum Gasteiger partial charge on any atom is 0.306 e. The molecule has 6 rings (SSSR count). The molecular weight excluding hydrogens is 598 g/mol. The molecule has 256 valence electrons. The Bertz CT molecular complexity index is 1360. The first-order valence-electron chi connectivity index (χ1n) is 17.7. The van der Waals surface area contributed by atoms with E-state index >= 15 is 0 Å². The Labute approximate surface area is 279 Å². The van der Waals surface area contributed by atoms with Gasteiger partial charge >= 0.3 is 5.97 Å². The summed E-state index contributed by atoms with van der Waals surface area (Å²) in [5.41, 5.74) is 2.40. The van der Waals surface area contributed by atoms with Crippen molar-refractivity contribution in [1.82, 2.24) is 0 Å². The molecular formula is C40H52F2O5. The predicted octanol–water partition coefficient (Wildman–Crippen LogP) is 9.53. The third-order valence-corrected chi connectivity index (χ3v) is 11.2. The first kappa shape index (κ1) is 35.3. The zero-order valence-corrected chi connectivity index (χ0v) is 28.4. The standard InChI is InChI=1S/C25H34O4.C15H18F2O/c1-4-5-6-7-8-22(27)29-21-10-9-19-23-20(12-14-25(19,21)3)24(2)13-11-18(26)15-17(24)16-28-23;16-15(17,11-10-13-6-4-5-7-13)12-18-14-8-2-1-3-9-14/h4-5,12,15,19,21,23H,6-11,13-14,16H2,1-3H3;1-3,8-11,13H,4-7,12H2/b5-4-;11-10+. The SMILES string of the molecule is C/C=C\CCCC(=O)OC1CCC2C3OCC4=CC(=O)CCC4(C)C3=CCC12C.FC(F)(/C=C/C1CCCC1)COc1ccccc1. The monoisotopic (exact) mass is 650 g/mol. The van der Waals surface area contributed by atoms with Crippen LogP contribution in [0, 0.1) is 22.7 Å². The van der Waals surface area contributed by atoms with Crippen molar-refractivity contribution in [2.24, 2.45) is 22.7 Å². The Balaban J connectivity index is 0.000000207. The molecule has 5 aliphatic rings. The van der Waals surface area contributed by atoms with Crippen molar-refractivity contribution >= 4 is 11.8 Å². The smallest absolute Gasteiger partial charge is 0.306 e. The summed E-state index contributed by atoms with van der Waals surface area (Å²) < 4.78 is 44.5. The van der Waals surface area contributed by atoms with Crippen molar-refractivity contribution in [3.8, 4) is 5.75 Å². The van der Waals surface area contributed by atoms with Crippen LogP contribution in [0.3, 0.4) is 0 Å². The van der Waals surface area contributed by atoms with E-state index < -0.39 is 12.5 Å². The lowest BCUT2D eigenvalue weighted by Gasteiger charge is -2.52. The van der Waals surface area contributed by atoms with E-state index in [-0.39, 0.29) is 34.8 Å². The van der Waals surface area contributed by atoms with Crippen LogP contribution < -0.4 is 4.74 Å². The Kier molecular flexibility index (Phi) is 11.6. The summed E-state index contributed by atoms with van der Waals surface area (Å²) in [7, 11) is 0. The average Bonchev–Trinajstić information content (AvgIpc) is 3.70. The number of allylic oxidation sites excluding steroid dienone is 5. The molecule has 7 heteroatoms. The van der Waals surface area contributed by atoms with Gasteiger partial charge < -0.3 is 14.2 Å². The first-order chi connectivity index (χ1) is 22.5. The number of para-hydroxylation sites is 1. The number of unbranched alkanes of at least 4 members (excludes halogenated alkanes) is 1. The molecule has 1 heterocycles. The largest absolute Gasteiger partial charge is 0.487 e. The fraction of sp³-hybridized carbons (Fsp3) is 0.600. The quantitative estimate of drug-likeness (QED) is 0.143. The molecule has 5 atom stereocenters. The highest BCUT2D eigenvalue weighted by Gasteiger charge is 2.58. The van der Waals surface area contributed by atoms with Crippen molar-refractivity contribution in [1.29, 1.82) is 0 Å². The Morgan fingerprint density at radius 2 is 1.87 bits per heavy atom. The van der Waals surface area contributed by atoms with Crippen LogP contribution in [0.2, 0.25) is 0 Å². The Morgan fingerprint density at radius 1 is 1.11 bits per heavy atom. The minimum absolute atomic E-state index is 0.0270. The molecule has 1 aliphatic heterocycles. The van der Waals surface area contributed by atoms with Crippen LogP contribution in [0.5, 0.6) is 5.75 Å². The van der Waals surface area contributed by atoms with Crippen molar-refractivity contribution in [2.75, 3.05) is 13.2 Å². The molecule has 0 bridgehead atoms. The van der Waals surface area contributed by atoms with Gasteiger partial charge in [0, 0.05) is 23.7 Å². The van der Waals surface area contributed by atoms with Gasteiger partial charge in [0.25, 0.3) is 5.92 Å². The topological polar surface area (TPSA) is 61.8 Å². The summed E-state index contributed by atoms with van der Waals surface area (Å²) in [5, 5.41) is 0. The van der Waals surface area contributed by atoms with Gasteiger partial charge in [-0.3, -0.25) is 9.59 Å². The molecule has 5 unspecified atom stereocenters. The van der Waals surface area contributed by atoms with Crippen molar-refractivity contribution in [2.45, 2.75) is 116 Å². The zero-order chi connectivity index (χ0) is 33.5. The zero-order valence-electron chi connectivity index (χ0n) is 28.4. The summed E-state index contributed by atoms with van der Waals surface area (Å²) in [5.74, 6) is -1.55. The minimum atomic E-state index is -2.89. The molecule has 0 radical (unpaired) electrons. The highest BCUT2D eigenvalue weighted by atomic mass is 19.3. The number of esters is 1. The van der Waals surface area contributed by atoms with Gasteiger partial charge in [-0.1, -0.05) is 69.2 Å². The maximum atomic E-state index is 13.6. The predicted molar refractivity (Wildman–Crippen MR) is 180 cm³/mol. The lowest BCUT2D eigenvalue weighted by molar-refractivity contribution is -0.157. The van der Waals surface area contributed by atoms with Crippen molar-refractivity contribution in [3.05, 3.63) is 77.9 Å². The maximum absolute atomic E-state index is 13.6. The Morgan fingerprint density at radius 3 is 2.62 bits per heavy atom. The molecule has 0 N–H and O–H groups in total. The number of carbonyl (C=O) groups excluding carboxylic acids is 2. The van der Waals surface area contributed by atoms with Crippen LogP contribution in [-0.4, -0.2) is 43.1 Å². The normalized spacial score (nSPS) is 30.6. The fourth-order valence-corrected chi connectivity index (χ4v) is 8.20. The van der Waals surface area contributed by atoms with Gasteiger partial charge in [-0.05, 0) is 106 Å². The van der Waals surface area contributed by atoms with E-state index in [2.05, 4.69) is 26.0 Å². The molecule has 1 aromatic rings. The summed E-state index contributed by atoms with van der Waals surface area (Å²) in [6.45, 7) is 6.51. The van der Waals surface area contributed by atoms with Gasteiger partial charge in [-0.2, -0.15) is 8.78 Å². The van der Waals surface area contributed by atoms with E-state index in [1.165, 1.54) is 5.57 Å². The lowest BCUT2D eigenvalue weighted by atomic mass is 9.58. The van der Waals surface area contributed by atoms with Gasteiger partial charge in [0.1, 0.15) is 11.9 Å². The highest BCUT2D eigenvalue weighted by Crippen LogP contribution is 2.59. The molecule has 3 fully saturated rings. The number of alkyl halides is 2. The molecule has 47 heavy (non-hydrogen) atoms. The summed E-state index contributed by atoms with van der Waals surface area (Å²) in [6.07, 6.45) is 22.0. The number of rotatable bonds is 10. The van der Waals surface area contributed by atoms with E-state index in [4.69, 9.17) is 14.2 Å². The van der Waals surface area contributed by atoms with E-state index in [1.807, 2.05) is 25.1 Å². The van der Waals surface area contributed by atoms with Crippen molar-refractivity contribution < 1.29 is 32.6 Å². The summed E-state index contributed by atoms with van der Waals surface area (Å²) >= 11 is 0. The molecule has 0 spiro atoms. The fourth-order valence-electron chi connectivity index (χ4n) is 8.20. The average molecular weight is 651 g/mol. The van der Waals surface area contributed by atoms with E-state index in [0.717, 1.165) is 75.9 Å². The van der Waals surface area contributed by atoms with Crippen molar-refractivity contribution in [3.63, 3.8) is 0 Å². The molecule has 0 amide bonds. The number of carbonyl (C=O) groups is 2. The van der Waals surface area contributed by atoms with Crippen LogP contribution in [0.1, 0.15) is 97.8 Å². The number of hydrogen-bond acceptors (Lipinski definition) is 5. The number of halogens is 2. The number of benzene rings is 1. The van der Waals surface area contributed by atoms with Crippen LogP contribution in [0.15, 0.2) is 77.9 Å². The number of ether oxygens (including phenoxy) is 3. The molecule has 0 aromatic heterocycles. The van der Waals surface area contributed by atoms with Crippen LogP contribution in [0.25, 0.3) is 0 Å². The second-order valence-electron chi connectivity index (χ2n) is 14.5. The van der Waals surface area contributed by atoms with Gasteiger partial charge in [-0.25, -0.2) is 0 Å². The van der Waals surface area contributed by atoms with Gasteiger partial charge in [-0.15, -0.1) is 0 Å². The van der Waals surface area contributed by atoms with Gasteiger partial charge in [0.2, 0.25) is 0 Å². The third-order valence-electron chi connectivity index (χ3n) is 11.2. The molecule has 5 nitrogen and oxygen atoms in total. The highest BCUT2D eigenvalue weighted by molar-refractivity contribution is 5.92. The van der Waals surface area contributed by atoms with Gasteiger partial charge in [0.15, 0.2) is 12.4 Å². The van der Waals surface area contributed by atoms with Crippen LogP contribution in [0.4, 0.5) is 8.78 Å². The third kappa shape index (κ3) is 8.51. The van der Waals surface area contributed by atoms with Crippen LogP contribution >= 0.6 is 0 Å². The number of hydrogen-bond donors (Lipinski definition) is 0.